The number of para-hydroxylation sites is 3. The summed E-state index contributed by atoms with van der Waals surface area (Å²) in [6, 6.07) is 75.7. The Morgan fingerprint density at radius 1 is 0.355 bits per heavy atom. The maximum absolute atomic E-state index is 3.90. The van der Waals surface area contributed by atoms with Gasteiger partial charge in [0.25, 0.3) is 0 Å². The number of benzene rings is 8. The van der Waals surface area contributed by atoms with Crippen molar-refractivity contribution in [1.29, 1.82) is 0 Å². The molecule has 0 saturated carbocycles. The average Bonchev–Trinajstić information content (AvgIpc) is 3.30. The van der Waals surface area contributed by atoms with E-state index < -0.39 is 0 Å². The largest absolute Gasteiger partial charge is 0.315 e. The van der Waals surface area contributed by atoms with Crippen LogP contribution in [0, 0.1) is 13.8 Å². The lowest BCUT2D eigenvalue weighted by molar-refractivity contribution is 1.14. The molecule has 0 spiro atoms. The number of anilines is 11. The van der Waals surface area contributed by atoms with Gasteiger partial charge in [-0.3, -0.25) is 0 Å². The highest BCUT2D eigenvalue weighted by atomic mass is 15.2. The average molecular weight is 805 g/mol. The summed E-state index contributed by atoms with van der Waals surface area (Å²) in [4.78, 5) is 9.26. The first-order valence-electron chi connectivity index (χ1n) is 21.1. The first-order valence-corrected chi connectivity index (χ1v) is 21.1. The van der Waals surface area contributed by atoms with Gasteiger partial charge in [0, 0.05) is 68.3 Å². The predicted molar refractivity (Wildman–Crippen MR) is 266 cm³/mol. The van der Waals surface area contributed by atoms with Crippen molar-refractivity contribution in [3.63, 3.8) is 0 Å². The molecule has 0 atom stereocenters. The molecule has 0 aliphatic heterocycles. The molecule has 4 heteroatoms. The van der Waals surface area contributed by atoms with E-state index in [1.807, 2.05) is 12.2 Å². The second-order valence-electron chi connectivity index (χ2n) is 15.5. The Bertz CT molecular complexity index is 2640. The molecule has 62 heavy (non-hydrogen) atoms. The predicted octanol–water partition coefficient (Wildman–Crippen LogP) is 16.9. The quantitative estimate of drug-likeness (QED) is 0.102. The molecule has 0 heterocycles. The van der Waals surface area contributed by atoms with Crippen LogP contribution in [0.15, 0.2) is 248 Å². The first kappa shape index (κ1) is 40.9. The third kappa shape index (κ3) is 9.31. The normalized spacial score (nSPS) is 11.5. The Kier molecular flexibility index (Phi) is 12.6. The molecule has 8 aromatic rings. The molecule has 4 nitrogen and oxygen atoms in total. The van der Waals surface area contributed by atoms with Gasteiger partial charge in [0.15, 0.2) is 0 Å². The zero-order valence-corrected chi connectivity index (χ0v) is 35.9. The van der Waals surface area contributed by atoms with Gasteiger partial charge in [0.05, 0.1) is 0 Å². The summed E-state index contributed by atoms with van der Waals surface area (Å²) in [7, 11) is 0. The second kappa shape index (κ2) is 19.1. The van der Waals surface area contributed by atoms with Crippen LogP contribution in [0.5, 0.6) is 0 Å². The fraction of sp³-hybridized carbons (Fsp3) is 0.0690. The molecule has 8 aromatic carbocycles. The van der Waals surface area contributed by atoms with E-state index in [0.717, 1.165) is 73.8 Å². The van der Waals surface area contributed by atoms with Crippen LogP contribution >= 0.6 is 0 Å². The molecular weight excluding hydrogens is 753 g/mol. The maximum atomic E-state index is 3.90. The van der Waals surface area contributed by atoms with E-state index in [1.54, 1.807) is 0 Å². The van der Waals surface area contributed by atoms with Crippen molar-refractivity contribution in [2.24, 2.45) is 0 Å². The lowest BCUT2D eigenvalue weighted by atomic mass is 10.1. The number of rotatable bonds is 14. The van der Waals surface area contributed by atoms with Gasteiger partial charge in [0.2, 0.25) is 0 Å². The van der Waals surface area contributed by atoms with Gasteiger partial charge in [-0.1, -0.05) is 97.6 Å². The van der Waals surface area contributed by atoms with Gasteiger partial charge >= 0.3 is 0 Å². The van der Waals surface area contributed by atoms with Crippen LogP contribution < -0.4 is 19.6 Å². The minimum atomic E-state index is 1.05. The fourth-order valence-corrected chi connectivity index (χ4v) is 8.04. The first-order chi connectivity index (χ1) is 30.4. The van der Waals surface area contributed by atoms with Crippen LogP contribution in [0.4, 0.5) is 62.6 Å². The number of hydrogen-bond donors (Lipinski definition) is 0. The molecular formula is C58H52N4. The molecule has 304 valence electrons. The molecule has 0 saturated heterocycles. The fourth-order valence-electron chi connectivity index (χ4n) is 8.04. The van der Waals surface area contributed by atoms with Crippen molar-refractivity contribution in [2.45, 2.75) is 27.7 Å². The van der Waals surface area contributed by atoms with E-state index in [0.29, 0.717) is 0 Å². The Balaban J connectivity index is 1.22. The van der Waals surface area contributed by atoms with E-state index in [4.69, 9.17) is 0 Å². The molecule has 0 aromatic heterocycles. The van der Waals surface area contributed by atoms with Gasteiger partial charge in [-0.25, -0.2) is 0 Å². The summed E-state index contributed by atoms with van der Waals surface area (Å²) in [6.45, 7) is 12.4. The topological polar surface area (TPSA) is 13.0 Å². The zero-order valence-electron chi connectivity index (χ0n) is 35.9. The van der Waals surface area contributed by atoms with Crippen LogP contribution in [0.25, 0.3) is 0 Å². The SMILES string of the molecule is C=C/C=C(C)\C=C(/C)N(c1ccccc1)c1ccc(N(c2ccc(N(c3ccccc3)c3cccc(C)c3)cc2)c2ccc(N(c3ccccc3)c3cccc(C)c3)cc2)cc1. The van der Waals surface area contributed by atoms with Crippen LogP contribution in [0.1, 0.15) is 25.0 Å². The van der Waals surface area contributed by atoms with Crippen molar-refractivity contribution in [3.8, 4) is 0 Å². The lowest BCUT2D eigenvalue weighted by Gasteiger charge is -2.30. The summed E-state index contributed by atoms with van der Waals surface area (Å²) in [6.07, 6.45) is 6.06. The number of allylic oxidation sites excluding steroid dienone is 5. The van der Waals surface area contributed by atoms with Crippen LogP contribution in [0.2, 0.25) is 0 Å². The number of hydrogen-bond acceptors (Lipinski definition) is 4. The van der Waals surface area contributed by atoms with E-state index in [1.165, 1.54) is 11.1 Å². The van der Waals surface area contributed by atoms with Crippen molar-refractivity contribution < 1.29 is 0 Å². The van der Waals surface area contributed by atoms with Gasteiger partial charge in [-0.15, -0.1) is 0 Å². The van der Waals surface area contributed by atoms with Gasteiger partial charge in [-0.05, 0) is 184 Å². The highest BCUT2D eigenvalue weighted by molar-refractivity contribution is 5.84. The molecule has 0 amide bonds. The third-order valence-corrected chi connectivity index (χ3v) is 10.8. The van der Waals surface area contributed by atoms with E-state index in [2.05, 4.69) is 272 Å². The summed E-state index contributed by atoms with van der Waals surface area (Å²) in [5.74, 6) is 0. The van der Waals surface area contributed by atoms with Crippen molar-refractivity contribution in [3.05, 3.63) is 260 Å². The minimum Gasteiger partial charge on any atom is -0.315 e. The molecule has 0 aliphatic rings. The lowest BCUT2D eigenvalue weighted by Crippen LogP contribution is -2.15. The van der Waals surface area contributed by atoms with Crippen molar-refractivity contribution >= 4 is 62.6 Å². The maximum Gasteiger partial charge on any atom is 0.0464 e. The van der Waals surface area contributed by atoms with Gasteiger partial charge < -0.3 is 19.6 Å². The van der Waals surface area contributed by atoms with Crippen LogP contribution in [-0.2, 0) is 0 Å². The van der Waals surface area contributed by atoms with E-state index >= 15 is 0 Å². The standard InChI is InChI=1S/C58H52N4/c1-6-18-44(2)41-47(5)59(48-21-10-7-11-22-48)51-29-31-52(32-30-51)60(53-33-37-55(38-34-53)61(49-23-12-8-13-24-49)57-27-16-19-45(3)42-57)54-35-39-56(40-36-54)62(50-25-14-9-15-26-50)58-28-17-20-46(4)43-58/h6-43H,1H2,2-5H3/b44-18-,47-41+. The number of aryl methyl sites for hydroxylation is 2. The molecule has 0 N–H and O–H groups in total. The molecule has 0 radical (unpaired) electrons. The van der Waals surface area contributed by atoms with Gasteiger partial charge in [-0.2, -0.15) is 0 Å². The summed E-state index contributed by atoms with van der Waals surface area (Å²) < 4.78 is 0. The molecule has 0 fully saturated rings. The van der Waals surface area contributed by atoms with Gasteiger partial charge in [0.1, 0.15) is 0 Å². The Labute approximate surface area is 367 Å². The Morgan fingerprint density at radius 2 is 0.645 bits per heavy atom. The molecule has 0 unspecified atom stereocenters. The monoisotopic (exact) mass is 804 g/mol. The second-order valence-corrected chi connectivity index (χ2v) is 15.5. The summed E-state index contributed by atoms with van der Waals surface area (Å²) in [5, 5.41) is 0. The summed E-state index contributed by atoms with van der Waals surface area (Å²) >= 11 is 0. The summed E-state index contributed by atoms with van der Waals surface area (Å²) in [5.41, 5.74) is 16.6. The molecule has 8 rings (SSSR count). The van der Waals surface area contributed by atoms with Crippen molar-refractivity contribution in [1.82, 2.24) is 0 Å². The van der Waals surface area contributed by atoms with E-state index in [9.17, 15) is 0 Å². The minimum absolute atomic E-state index is 1.05. The third-order valence-electron chi connectivity index (χ3n) is 10.8. The molecule has 0 bridgehead atoms. The van der Waals surface area contributed by atoms with E-state index in [-0.39, 0.29) is 0 Å². The zero-order chi connectivity index (χ0) is 42.8. The number of nitrogens with zero attached hydrogens (tertiary/aromatic N) is 4. The Hall–Kier alpha value is -7.82. The van der Waals surface area contributed by atoms with Crippen molar-refractivity contribution in [2.75, 3.05) is 19.6 Å². The smallest absolute Gasteiger partial charge is 0.0464 e. The van der Waals surface area contributed by atoms with Crippen LogP contribution in [-0.4, -0.2) is 0 Å². The highest BCUT2D eigenvalue weighted by Crippen LogP contribution is 2.42. The highest BCUT2D eigenvalue weighted by Gasteiger charge is 2.19. The Morgan fingerprint density at radius 3 is 1.00 bits per heavy atom. The molecule has 0 aliphatic carbocycles. The van der Waals surface area contributed by atoms with Crippen LogP contribution in [0.3, 0.4) is 0 Å².